The van der Waals surface area contributed by atoms with Gasteiger partial charge in [0, 0.05) is 31.7 Å². The Balaban J connectivity index is 1.44. The molecule has 0 atom stereocenters. The predicted octanol–water partition coefficient (Wildman–Crippen LogP) is 2.53. The largest absolute Gasteiger partial charge is 0.490 e. The highest BCUT2D eigenvalue weighted by Gasteiger charge is 2.20. The maximum absolute atomic E-state index is 12.5. The summed E-state index contributed by atoms with van der Waals surface area (Å²) in [4.78, 5) is 16.6. The standard InChI is InChI=1S/C20H24N2O3/c1-21-11-13-22(14-12-21)20(23)17-7-9-19(10-8-17)25-16-15-24-18-5-3-2-4-6-18/h2-10H,11-16H2,1H3. The molecule has 1 heterocycles. The lowest BCUT2D eigenvalue weighted by atomic mass is 10.1. The Kier molecular flexibility index (Phi) is 5.90. The first kappa shape index (κ1) is 17.3. The average molecular weight is 340 g/mol. The monoisotopic (exact) mass is 340 g/mol. The summed E-state index contributed by atoms with van der Waals surface area (Å²) < 4.78 is 11.3. The normalized spacial score (nSPS) is 15.0. The van der Waals surface area contributed by atoms with Crippen LogP contribution in [0, 0.1) is 0 Å². The Labute approximate surface area is 148 Å². The van der Waals surface area contributed by atoms with Gasteiger partial charge in [0.1, 0.15) is 24.7 Å². The van der Waals surface area contributed by atoms with Crippen LogP contribution in [0.4, 0.5) is 0 Å². The lowest BCUT2D eigenvalue weighted by molar-refractivity contribution is 0.0664. The Bertz CT molecular complexity index is 665. The van der Waals surface area contributed by atoms with Crippen LogP contribution in [0.15, 0.2) is 54.6 Å². The molecule has 0 aromatic heterocycles. The van der Waals surface area contributed by atoms with Crippen LogP contribution < -0.4 is 9.47 Å². The van der Waals surface area contributed by atoms with Gasteiger partial charge in [-0.2, -0.15) is 0 Å². The number of benzene rings is 2. The quantitative estimate of drug-likeness (QED) is 0.758. The van der Waals surface area contributed by atoms with E-state index in [0.29, 0.717) is 18.8 Å². The van der Waals surface area contributed by atoms with Gasteiger partial charge in [0.15, 0.2) is 0 Å². The molecule has 132 valence electrons. The molecule has 1 fully saturated rings. The molecule has 1 aliphatic rings. The van der Waals surface area contributed by atoms with E-state index in [4.69, 9.17) is 9.47 Å². The van der Waals surface area contributed by atoms with Crippen LogP contribution in [-0.4, -0.2) is 62.1 Å². The van der Waals surface area contributed by atoms with Crippen LogP contribution in [0.3, 0.4) is 0 Å². The first-order valence-electron chi connectivity index (χ1n) is 8.61. The predicted molar refractivity (Wildman–Crippen MR) is 97.3 cm³/mol. The number of rotatable bonds is 6. The maximum Gasteiger partial charge on any atom is 0.253 e. The van der Waals surface area contributed by atoms with E-state index in [1.165, 1.54) is 0 Å². The maximum atomic E-state index is 12.5. The minimum absolute atomic E-state index is 0.0899. The van der Waals surface area contributed by atoms with Gasteiger partial charge in [0.25, 0.3) is 5.91 Å². The molecule has 0 aliphatic carbocycles. The van der Waals surface area contributed by atoms with Gasteiger partial charge >= 0.3 is 0 Å². The minimum Gasteiger partial charge on any atom is -0.490 e. The summed E-state index contributed by atoms with van der Waals surface area (Å²) in [6.07, 6.45) is 0. The SMILES string of the molecule is CN1CCN(C(=O)c2ccc(OCCOc3ccccc3)cc2)CC1. The van der Waals surface area contributed by atoms with Crippen molar-refractivity contribution >= 4 is 5.91 Å². The van der Waals surface area contributed by atoms with Gasteiger partial charge in [-0.1, -0.05) is 18.2 Å². The van der Waals surface area contributed by atoms with Gasteiger partial charge in [-0.05, 0) is 43.4 Å². The van der Waals surface area contributed by atoms with Gasteiger partial charge < -0.3 is 19.3 Å². The average Bonchev–Trinajstić information content (AvgIpc) is 2.67. The van der Waals surface area contributed by atoms with Crippen LogP contribution in [-0.2, 0) is 0 Å². The summed E-state index contributed by atoms with van der Waals surface area (Å²) in [5, 5.41) is 0. The topological polar surface area (TPSA) is 42.0 Å². The molecule has 0 saturated carbocycles. The molecule has 2 aromatic carbocycles. The van der Waals surface area contributed by atoms with Crippen molar-refractivity contribution in [2.75, 3.05) is 46.4 Å². The highest BCUT2D eigenvalue weighted by Crippen LogP contribution is 2.15. The minimum atomic E-state index is 0.0899. The number of carbonyl (C=O) groups excluding carboxylic acids is 1. The third kappa shape index (κ3) is 4.97. The van der Waals surface area contributed by atoms with Crippen LogP contribution in [0.25, 0.3) is 0 Å². The van der Waals surface area contributed by atoms with Gasteiger partial charge in [-0.25, -0.2) is 0 Å². The number of para-hydroxylation sites is 1. The van der Waals surface area contributed by atoms with Gasteiger partial charge in [-0.3, -0.25) is 4.79 Å². The van der Waals surface area contributed by atoms with Crippen molar-refractivity contribution in [2.24, 2.45) is 0 Å². The Morgan fingerprint density at radius 3 is 2.00 bits per heavy atom. The van der Waals surface area contributed by atoms with E-state index in [0.717, 1.165) is 37.7 Å². The summed E-state index contributed by atoms with van der Waals surface area (Å²) in [5.74, 6) is 1.66. The van der Waals surface area contributed by atoms with E-state index in [1.807, 2.05) is 59.5 Å². The molecule has 0 N–H and O–H groups in total. The fourth-order valence-corrected chi connectivity index (χ4v) is 2.72. The van der Waals surface area contributed by atoms with Crippen molar-refractivity contribution in [2.45, 2.75) is 0 Å². The Morgan fingerprint density at radius 2 is 1.40 bits per heavy atom. The van der Waals surface area contributed by atoms with Crippen LogP contribution >= 0.6 is 0 Å². The number of carbonyl (C=O) groups is 1. The van der Waals surface area contributed by atoms with E-state index in [2.05, 4.69) is 11.9 Å². The van der Waals surface area contributed by atoms with E-state index in [-0.39, 0.29) is 5.91 Å². The van der Waals surface area contributed by atoms with Gasteiger partial charge in [0.2, 0.25) is 0 Å². The lowest BCUT2D eigenvalue weighted by Gasteiger charge is -2.32. The van der Waals surface area contributed by atoms with Crippen molar-refractivity contribution < 1.29 is 14.3 Å². The molecule has 1 saturated heterocycles. The molecule has 2 aromatic rings. The summed E-state index contributed by atoms with van der Waals surface area (Å²) >= 11 is 0. The van der Waals surface area contributed by atoms with Crippen molar-refractivity contribution in [3.05, 3.63) is 60.2 Å². The van der Waals surface area contributed by atoms with E-state index < -0.39 is 0 Å². The molecular weight excluding hydrogens is 316 g/mol. The smallest absolute Gasteiger partial charge is 0.253 e. The highest BCUT2D eigenvalue weighted by atomic mass is 16.5. The zero-order valence-corrected chi connectivity index (χ0v) is 14.6. The Morgan fingerprint density at radius 1 is 0.840 bits per heavy atom. The Hall–Kier alpha value is -2.53. The summed E-state index contributed by atoms with van der Waals surface area (Å²) in [6.45, 7) is 4.35. The summed E-state index contributed by atoms with van der Waals surface area (Å²) in [7, 11) is 2.08. The van der Waals surface area contributed by atoms with Crippen molar-refractivity contribution in [1.82, 2.24) is 9.80 Å². The molecule has 0 unspecified atom stereocenters. The third-order valence-electron chi connectivity index (χ3n) is 4.26. The van der Waals surface area contributed by atoms with E-state index in [1.54, 1.807) is 0 Å². The molecular formula is C20H24N2O3. The van der Waals surface area contributed by atoms with Crippen molar-refractivity contribution in [3.8, 4) is 11.5 Å². The van der Waals surface area contributed by atoms with Crippen molar-refractivity contribution in [1.29, 1.82) is 0 Å². The fourth-order valence-electron chi connectivity index (χ4n) is 2.72. The number of amides is 1. The number of nitrogens with zero attached hydrogens (tertiary/aromatic N) is 2. The number of piperazine rings is 1. The second kappa shape index (κ2) is 8.53. The third-order valence-corrected chi connectivity index (χ3v) is 4.26. The first-order chi connectivity index (χ1) is 12.2. The molecule has 0 spiro atoms. The number of hydrogen-bond acceptors (Lipinski definition) is 4. The molecule has 1 aliphatic heterocycles. The second-order valence-electron chi connectivity index (χ2n) is 6.13. The molecule has 0 bridgehead atoms. The van der Waals surface area contributed by atoms with Crippen LogP contribution in [0.2, 0.25) is 0 Å². The molecule has 25 heavy (non-hydrogen) atoms. The molecule has 1 amide bonds. The number of hydrogen-bond donors (Lipinski definition) is 0. The highest BCUT2D eigenvalue weighted by molar-refractivity contribution is 5.94. The summed E-state index contributed by atoms with van der Waals surface area (Å²) in [6, 6.07) is 17.0. The number of ether oxygens (including phenoxy) is 2. The number of likely N-dealkylation sites (N-methyl/N-ethyl adjacent to an activating group) is 1. The zero-order chi connectivity index (χ0) is 17.5. The molecule has 5 nitrogen and oxygen atoms in total. The van der Waals surface area contributed by atoms with E-state index >= 15 is 0 Å². The van der Waals surface area contributed by atoms with Crippen LogP contribution in [0.1, 0.15) is 10.4 Å². The second-order valence-corrected chi connectivity index (χ2v) is 6.13. The fraction of sp³-hybridized carbons (Fsp3) is 0.350. The molecule has 5 heteroatoms. The van der Waals surface area contributed by atoms with Gasteiger partial charge in [0.05, 0.1) is 0 Å². The van der Waals surface area contributed by atoms with Crippen LogP contribution in [0.5, 0.6) is 11.5 Å². The lowest BCUT2D eigenvalue weighted by Crippen LogP contribution is -2.47. The zero-order valence-electron chi connectivity index (χ0n) is 14.6. The first-order valence-corrected chi connectivity index (χ1v) is 8.61. The van der Waals surface area contributed by atoms with E-state index in [9.17, 15) is 4.79 Å². The van der Waals surface area contributed by atoms with Crippen molar-refractivity contribution in [3.63, 3.8) is 0 Å². The molecule has 3 rings (SSSR count). The van der Waals surface area contributed by atoms with Gasteiger partial charge in [-0.15, -0.1) is 0 Å². The summed E-state index contributed by atoms with van der Waals surface area (Å²) in [5.41, 5.74) is 0.706. The molecule has 0 radical (unpaired) electrons.